The van der Waals surface area contributed by atoms with Crippen LogP contribution in [0.3, 0.4) is 0 Å². The zero-order valence-electron chi connectivity index (χ0n) is 25.0. The topological polar surface area (TPSA) is 102 Å². The molecule has 2 saturated heterocycles. The van der Waals surface area contributed by atoms with E-state index < -0.39 is 27.9 Å². The second-order valence-corrected chi connectivity index (χ2v) is 13.8. The van der Waals surface area contributed by atoms with Gasteiger partial charge in [0.25, 0.3) is 0 Å². The number of Topliss-reactive ketones (excluding diaryl/α,β-unsaturated/α-hetero) is 1. The largest absolute Gasteiger partial charge is 0.381 e. The summed E-state index contributed by atoms with van der Waals surface area (Å²) in [7, 11) is -3.77. The molecule has 0 bridgehead atoms. The number of hydrogen-bond acceptors (Lipinski definition) is 6. The number of nitrogens with one attached hydrogen (secondary N) is 1. The normalized spacial score (nSPS) is 21.5. The quantitative estimate of drug-likeness (QED) is 0.323. The highest BCUT2D eigenvalue weighted by Gasteiger charge is 2.38. The number of rotatable bonds is 11. The standard InChI is InChI=1S/C34H41F2N3O4S/c1-23-21-38-22-28(39(23)44(41,42)29-7-3-2-4-8-29)14-15-30-26(6-5-9-31(30)36)20-32(40)34(37)33(25-16-18-43-19-17-25)24-10-12-27(35)13-11-24/h2-13,23,25,28,33-34,38H,14-22,37H2,1H3/t23-,28+,33+,34-/m1/s1. The molecule has 2 fully saturated rings. The van der Waals surface area contributed by atoms with E-state index in [-0.39, 0.29) is 47.2 Å². The van der Waals surface area contributed by atoms with Crippen molar-refractivity contribution in [3.8, 4) is 0 Å². The summed E-state index contributed by atoms with van der Waals surface area (Å²) in [5.41, 5.74) is 8.41. The van der Waals surface area contributed by atoms with Crippen molar-refractivity contribution in [1.29, 1.82) is 0 Å². The molecule has 10 heteroatoms. The van der Waals surface area contributed by atoms with Crippen LogP contribution in [0.15, 0.2) is 77.7 Å². The van der Waals surface area contributed by atoms with Crippen LogP contribution in [0.5, 0.6) is 0 Å². The van der Waals surface area contributed by atoms with Crippen LogP contribution in [-0.2, 0) is 32.4 Å². The molecule has 2 aliphatic rings. The van der Waals surface area contributed by atoms with E-state index in [0.717, 1.165) is 18.4 Å². The number of hydrogen-bond donors (Lipinski definition) is 2. The minimum Gasteiger partial charge on any atom is -0.381 e. The van der Waals surface area contributed by atoms with Gasteiger partial charge >= 0.3 is 0 Å². The Hall–Kier alpha value is -3.02. The Morgan fingerprint density at radius 1 is 1.00 bits per heavy atom. The van der Waals surface area contributed by atoms with Crippen molar-refractivity contribution in [3.63, 3.8) is 0 Å². The zero-order chi connectivity index (χ0) is 31.3. The lowest BCUT2D eigenvalue weighted by atomic mass is 9.75. The second-order valence-electron chi connectivity index (χ2n) is 11.9. The number of sulfonamides is 1. The minimum absolute atomic E-state index is 0.0550. The van der Waals surface area contributed by atoms with Gasteiger partial charge in [0, 0.05) is 50.7 Å². The number of nitrogens with two attached hydrogens (primary N) is 1. The Bertz CT molecular complexity index is 1520. The Morgan fingerprint density at radius 2 is 1.70 bits per heavy atom. The molecular weight excluding hydrogens is 584 g/mol. The van der Waals surface area contributed by atoms with Gasteiger partial charge in [0.05, 0.1) is 10.9 Å². The molecule has 0 aliphatic carbocycles. The predicted octanol–water partition coefficient (Wildman–Crippen LogP) is 4.60. The SMILES string of the molecule is C[C@@H]1CNC[C@H](CCc2c(F)cccc2CC(=O)[C@@H](N)[C@@H](c2ccc(F)cc2)C2CCOCC2)N1S(=O)(=O)c1ccccc1. The summed E-state index contributed by atoms with van der Waals surface area (Å²) in [6, 6.07) is 17.6. The number of ketones is 1. The van der Waals surface area contributed by atoms with Crippen molar-refractivity contribution >= 4 is 15.8 Å². The van der Waals surface area contributed by atoms with Crippen LogP contribution in [0.4, 0.5) is 8.78 Å². The highest BCUT2D eigenvalue weighted by molar-refractivity contribution is 7.89. The number of carbonyl (C=O) groups excluding carboxylic acids is 1. The van der Waals surface area contributed by atoms with E-state index in [1.807, 2.05) is 6.92 Å². The van der Waals surface area contributed by atoms with Crippen LogP contribution >= 0.6 is 0 Å². The molecule has 2 heterocycles. The minimum atomic E-state index is -3.77. The Balaban J connectivity index is 1.35. The molecule has 0 radical (unpaired) electrons. The number of carbonyl (C=O) groups is 1. The first-order chi connectivity index (χ1) is 21.2. The third-order valence-electron chi connectivity index (χ3n) is 9.03. The molecule has 3 N–H and O–H groups in total. The Morgan fingerprint density at radius 3 is 2.41 bits per heavy atom. The number of nitrogens with zero attached hydrogens (tertiary/aromatic N) is 1. The summed E-state index contributed by atoms with van der Waals surface area (Å²) in [4.78, 5) is 14.0. The molecule has 0 amide bonds. The van der Waals surface area contributed by atoms with E-state index in [2.05, 4.69) is 5.32 Å². The molecule has 0 spiro atoms. The van der Waals surface area contributed by atoms with E-state index in [1.54, 1.807) is 58.9 Å². The first kappa shape index (κ1) is 32.4. The molecule has 236 valence electrons. The lowest BCUT2D eigenvalue weighted by Crippen LogP contribution is -2.58. The van der Waals surface area contributed by atoms with Gasteiger partial charge in [-0.3, -0.25) is 4.79 Å². The lowest BCUT2D eigenvalue weighted by Gasteiger charge is -2.40. The molecule has 7 nitrogen and oxygen atoms in total. The van der Waals surface area contributed by atoms with Crippen LogP contribution in [0.1, 0.15) is 48.8 Å². The maximum atomic E-state index is 15.3. The molecule has 44 heavy (non-hydrogen) atoms. The third-order valence-corrected chi connectivity index (χ3v) is 11.1. The number of piperazine rings is 1. The maximum Gasteiger partial charge on any atom is 0.243 e. The lowest BCUT2D eigenvalue weighted by molar-refractivity contribution is -0.120. The van der Waals surface area contributed by atoms with Crippen molar-refractivity contribution in [2.75, 3.05) is 26.3 Å². The summed E-state index contributed by atoms with van der Waals surface area (Å²) in [6.07, 6.45) is 2.05. The second kappa shape index (κ2) is 14.4. The van der Waals surface area contributed by atoms with Crippen molar-refractivity contribution in [1.82, 2.24) is 9.62 Å². The summed E-state index contributed by atoms with van der Waals surface area (Å²) < 4.78 is 63.4. The van der Waals surface area contributed by atoms with Crippen LogP contribution in [0.25, 0.3) is 0 Å². The van der Waals surface area contributed by atoms with Gasteiger partial charge < -0.3 is 15.8 Å². The van der Waals surface area contributed by atoms with Crippen molar-refractivity contribution in [3.05, 3.63) is 101 Å². The maximum absolute atomic E-state index is 15.3. The average Bonchev–Trinajstić information content (AvgIpc) is 3.02. The molecular formula is C34H41F2N3O4S. The molecule has 0 saturated carbocycles. The average molecular weight is 626 g/mol. The molecule has 3 aromatic carbocycles. The summed E-state index contributed by atoms with van der Waals surface area (Å²) in [5, 5.41) is 3.31. The van der Waals surface area contributed by atoms with Gasteiger partial charge in [-0.2, -0.15) is 4.31 Å². The van der Waals surface area contributed by atoms with Crippen LogP contribution in [-0.4, -0.2) is 62.9 Å². The molecule has 3 aromatic rings. The van der Waals surface area contributed by atoms with E-state index in [1.165, 1.54) is 18.2 Å². The number of benzene rings is 3. The van der Waals surface area contributed by atoms with Gasteiger partial charge in [-0.15, -0.1) is 0 Å². The number of halogens is 2. The Labute approximate surface area is 258 Å². The van der Waals surface area contributed by atoms with Crippen LogP contribution < -0.4 is 11.1 Å². The van der Waals surface area contributed by atoms with E-state index in [9.17, 15) is 17.6 Å². The third kappa shape index (κ3) is 7.26. The van der Waals surface area contributed by atoms with Crippen molar-refractivity contribution in [2.24, 2.45) is 11.7 Å². The van der Waals surface area contributed by atoms with Crippen LogP contribution in [0, 0.1) is 17.6 Å². The predicted molar refractivity (Wildman–Crippen MR) is 166 cm³/mol. The first-order valence-corrected chi connectivity index (χ1v) is 16.8. The van der Waals surface area contributed by atoms with Crippen molar-refractivity contribution in [2.45, 2.75) is 68.0 Å². The Kier molecular flexibility index (Phi) is 10.6. The zero-order valence-corrected chi connectivity index (χ0v) is 25.8. The van der Waals surface area contributed by atoms with E-state index >= 15 is 4.39 Å². The van der Waals surface area contributed by atoms with Gasteiger partial charge in [0.15, 0.2) is 5.78 Å². The summed E-state index contributed by atoms with van der Waals surface area (Å²) >= 11 is 0. The molecule has 4 atom stereocenters. The van der Waals surface area contributed by atoms with Gasteiger partial charge in [-0.1, -0.05) is 42.5 Å². The van der Waals surface area contributed by atoms with E-state index in [0.29, 0.717) is 43.9 Å². The smallest absolute Gasteiger partial charge is 0.243 e. The number of ether oxygens (including phenoxy) is 1. The summed E-state index contributed by atoms with van der Waals surface area (Å²) in [5.74, 6) is -1.24. The summed E-state index contributed by atoms with van der Waals surface area (Å²) in [6.45, 7) is 3.97. The highest BCUT2D eigenvalue weighted by Crippen LogP contribution is 2.35. The monoisotopic (exact) mass is 625 g/mol. The van der Waals surface area contributed by atoms with Gasteiger partial charge in [0.2, 0.25) is 10.0 Å². The van der Waals surface area contributed by atoms with Gasteiger partial charge in [-0.05, 0) is 85.5 Å². The van der Waals surface area contributed by atoms with E-state index in [4.69, 9.17) is 10.5 Å². The first-order valence-electron chi connectivity index (χ1n) is 15.3. The molecule has 0 aromatic heterocycles. The van der Waals surface area contributed by atoms with Gasteiger partial charge in [-0.25, -0.2) is 17.2 Å². The fraction of sp³-hybridized carbons (Fsp3) is 0.441. The van der Waals surface area contributed by atoms with Crippen molar-refractivity contribution < 1.29 is 26.7 Å². The molecule has 2 aliphatic heterocycles. The van der Waals surface area contributed by atoms with Gasteiger partial charge in [0.1, 0.15) is 11.6 Å². The van der Waals surface area contributed by atoms with Crippen LogP contribution in [0.2, 0.25) is 0 Å². The highest BCUT2D eigenvalue weighted by atomic mass is 32.2. The fourth-order valence-corrected chi connectivity index (χ4v) is 8.64. The molecule has 0 unspecified atom stereocenters. The fourth-order valence-electron chi connectivity index (χ4n) is 6.77. The molecule has 5 rings (SSSR count).